The summed E-state index contributed by atoms with van der Waals surface area (Å²) in [6, 6.07) is 8.55. The predicted octanol–water partition coefficient (Wildman–Crippen LogP) is 1.29. The molecule has 2 unspecified atom stereocenters. The standard InChI is InChI=1S/C22H26N6O4/c1-13-6-8-16(9-7-13)11-26-18-19(23-21(26)28-15(3)10-14(2)24-28)25(4)22(31)27(20(18)30)12-17(29)32-5/h6-10,18-19H,11-12H2,1-5H3. The Labute approximate surface area is 186 Å². The maximum atomic E-state index is 13.5. The van der Waals surface area contributed by atoms with Gasteiger partial charge in [0.05, 0.1) is 12.8 Å². The number of imide groups is 1. The van der Waals surface area contributed by atoms with Crippen LogP contribution < -0.4 is 0 Å². The zero-order chi connectivity index (χ0) is 23.2. The van der Waals surface area contributed by atoms with E-state index in [0.717, 1.165) is 27.4 Å². The number of urea groups is 1. The number of rotatable bonds is 4. The highest BCUT2D eigenvalue weighted by molar-refractivity contribution is 6.05. The Morgan fingerprint density at radius 2 is 1.81 bits per heavy atom. The largest absolute Gasteiger partial charge is 0.468 e. The first-order valence-corrected chi connectivity index (χ1v) is 10.3. The van der Waals surface area contributed by atoms with Crippen LogP contribution in [0.1, 0.15) is 22.5 Å². The highest BCUT2D eigenvalue weighted by Crippen LogP contribution is 2.30. The van der Waals surface area contributed by atoms with E-state index in [-0.39, 0.29) is 0 Å². The molecule has 1 aromatic carbocycles. The highest BCUT2D eigenvalue weighted by Gasteiger charge is 2.53. The van der Waals surface area contributed by atoms with Crippen LogP contribution in [0.25, 0.3) is 0 Å². The molecule has 0 radical (unpaired) electrons. The maximum Gasteiger partial charge on any atom is 0.328 e. The maximum absolute atomic E-state index is 13.5. The lowest BCUT2D eigenvalue weighted by Crippen LogP contribution is -2.65. The number of aliphatic imine (C=N–C) groups is 1. The zero-order valence-corrected chi connectivity index (χ0v) is 18.8. The van der Waals surface area contributed by atoms with Crippen molar-refractivity contribution in [1.29, 1.82) is 0 Å². The summed E-state index contributed by atoms with van der Waals surface area (Å²) < 4.78 is 6.37. The molecule has 4 rings (SSSR count). The van der Waals surface area contributed by atoms with E-state index in [0.29, 0.717) is 12.5 Å². The summed E-state index contributed by atoms with van der Waals surface area (Å²) in [6.07, 6.45) is -0.728. The van der Waals surface area contributed by atoms with Crippen molar-refractivity contribution >= 4 is 23.9 Å². The van der Waals surface area contributed by atoms with Gasteiger partial charge in [-0.15, -0.1) is 0 Å². The summed E-state index contributed by atoms with van der Waals surface area (Å²) in [4.78, 5) is 47.1. The number of benzene rings is 1. The molecule has 2 aliphatic rings. The van der Waals surface area contributed by atoms with E-state index in [9.17, 15) is 14.4 Å². The van der Waals surface area contributed by atoms with Crippen LogP contribution in [0.5, 0.6) is 0 Å². The second-order valence-electron chi connectivity index (χ2n) is 8.13. The molecule has 168 valence electrons. The van der Waals surface area contributed by atoms with Gasteiger partial charge < -0.3 is 14.5 Å². The molecule has 1 saturated heterocycles. The van der Waals surface area contributed by atoms with E-state index in [1.165, 1.54) is 12.0 Å². The number of nitrogens with zero attached hydrogens (tertiary/aromatic N) is 6. The van der Waals surface area contributed by atoms with E-state index in [2.05, 4.69) is 9.84 Å². The summed E-state index contributed by atoms with van der Waals surface area (Å²) in [5.41, 5.74) is 3.79. The number of hydrogen-bond acceptors (Lipinski definition) is 7. The number of aromatic nitrogens is 2. The first kappa shape index (κ1) is 21.5. The molecular weight excluding hydrogens is 412 g/mol. The zero-order valence-electron chi connectivity index (χ0n) is 18.8. The minimum absolute atomic E-state index is 0.387. The van der Waals surface area contributed by atoms with Gasteiger partial charge in [0, 0.05) is 19.3 Å². The number of carbonyl (C=O) groups is 3. The van der Waals surface area contributed by atoms with Gasteiger partial charge in [0.15, 0.2) is 12.2 Å². The van der Waals surface area contributed by atoms with E-state index >= 15 is 0 Å². The SMILES string of the molecule is COC(=O)CN1C(=O)C2C(N=C(n3nc(C)cc3C)N2Cc2ccc(C)cc2)N(C)C1=O. The number of likely N-dealkylation sites (N-methyl/N-ethyl adjacent to an activating group) is 1. The van der Waals surface area contributed by atoms with E-state index in [4.69, 9.17) is 4.99 Å². The predicted molar refractivity (Wildman–Crippen MR) is 116 cm³/mol. The van der Waals surface area contributed by atoms with Gasteiger partial charge in [-0.05, 0) is 32.4 Å². The number of amides is 3. The molecule has 32 heavy (non-hydrogen) atoms. The number of aryl methyl sites for hydroxylation is 3. The van der Waals surface area contributed by atoms with E-state index in [1.807, 2.05) is 56.0 Å². The lowest BCUT2D eigenvalue weighted by atomic mass is 10.1. The number of esters is 1. The monoisotopic (exact) mass is 438 g/mol. The topological polar surface area (TPSA) is 100 Å². The Kier molecular flexibility index (Phi) is 5.45. The van der Waals surface area contributed by atoms with Crippen LogP contribution in [-0.4, -0.2) is 81.3 Å². The van der Waals surface area contributed by atoms with Gasteiger partial charge in [-0.2, -0.15) is 5.10 Å². The number of methoxy groups -OCH3 is 1. The summed E-state index contributed by atoms with van der Waals surface area (Å²) in [5, 5.41) is 4.55. The van der Waals surface area contributed by atoms with Crippen LogP contribution in [0.2, 0.25) is 0 Å². The van der Waals surface area contributed by atoms with Crippen LogP contribution in [0.4, 0.5) is 4.79 Å². The fourth-order valence-electron chi connectivity index (χ4n) is 4.07. The van der Waals surface area contributed by atoms with Crippen molar-refractivity contribution in [1.82, 2.24) is 24.5 Å². The van der Waals surface area contributed by atoms with Gasteiger partial charge in [-0.3, -0.25) is 14.5 Å². The van der Waals surface area contributed by atoms with Crippen molar-refractivity contribution in [2.75, 3.05) is 20.7 Å². The van der Waals surface area contributed by atoms with Crippen molar-refractivity contribution in [3.63, 3.8) is 0 Å². The molecule has 10 nitrogen and oxygen atoms in total. The molecule has 1 fully saturated rings. The van der Waals surface area contributed by atoms with Crippen LogP contribution in [0, 0.1) is 20.8 Å². The Morgan fingerprint density at radius 3 is 2.41 bits per heavy atom. The van der Waals surface area contributed by atoms with Crippen molar-refractivity contribution in [3.8, 4) is 0 Å². The molecule has 3 heterocycles. The van der Waals surface area contributed by atoms with Crippen LogP contribution in [-0.2, 0) is 20.9 Å². The Balaban J connectivity index is 1.77. The summed E-state index contributed by atoms with van der Waals surface area (Å²) >= 11 is 0. The second-order valence-corrected chi connectivity index (χ2v) is 8.13. The van der Waals surface area contributed by atoms with Gasteiger partial charge in [-0.25, -0.2) is 14.5 Å². The minimum Gasteiger partial charge on any atom is -0.468 e. The second kappa shape index (κ2) is 8.10. The van der Waals surface area contributed by atoms with Gasteiger partial charge in [0.1, 0.15) is 6.54 Å². The summed E-state index contributed by atoms with van der Waals surface area (Å²) in [5.74, 6) is -0.670. The number of fused-ring (bicyclic) bond motifs is 1. The van der Waals surface area contributed by atoms with Crippen molar-refractivity contribution in [2.24, 2.45) is 4.99 Å². The molecule has 0 saturated carbocycles. The van der Waals surface area contributed by atoms with Gasteiger partial charge in [-0.1, -0.05) is 29.8 Å². The molecule has 0 N–H and O–H groups in total. The average Bonchev–Trinajstić information content (AvgIpc) is 3.30. The quantitative estimate of drug-likeness (QED) is 0.667. The average molecular weight is 438 g/mol. The van der Waals surface area contributed by atoms with Gasteiger partial charge in [0.2, 0.25) is 5.96 Å². The van der Waals surface area contributed by atoms with Crippen LogP contribution >= 0.6 is 0 Å². The van der Waals surface area contributed by atoms with Crippen LogP contribution in [0.3, 0.4) is 0 Å². The smallest absolute Gasteiger partial charge is 0.328 e. The Hall–Kier alpha value is -3.69. The first-order valence-electron chi connectivity index (χ1n) is 10.3. The fraction of sp³-hybridized carbons (Fsp3) is 0.409. The minimum atomic E-state index is -0.789. The summed E-state index contributed by atoms with van der Waals surface area (Å²) in [6.45, 7) is 5.74. The molecule has 10 heteroatoms. The molecule has 0 bridgehead atoms. The van der Waals surface area contributed by atoms with Crippen LogP contribution in [0.15, 0.2) is 35.3 Å². The normalized spacial score (nSPS) is 20.5. The van der Waals surface area contributed by atoms with Crippen molar-refractivity contribution in [3.05, 3.63) is 52.8 Å². The Morgan fingerprint density at radius 1 is 1.12 bits per heavy atom. The van der Waals surface area contributed by atoms with E-state index < -0.39 is 36.7 Å². The van der Waals surface area contributed by atoms with E-state index in [1.54, 1.807) is 11.7 Å². The number of hydrogen-bond donors (Lipinski definition) is 0. The number of ether oxygens (including phenoxy) is 1. The molecule has 3 amide bonds. The molecule has 2 aromatic rings. The molecule has 2 aliphatic heterocycles. The number of carbonyl (C=O) groups excluding carboxylic acids is 3. The Bertz CT molecular complexity index is 1110. The molecular formula is C22H26N6O4. The molecule has 2 atom stereocenters. The van der Waals surface area contributed by atoms with Crippen molar-refractivity contribution in [2.45, 2.75) is 39.5 Å². The van der Waals surface area contributed by atoms with Gasteiger partial charge >= 0.3 is 12.0 Å². The third-order valence-corrected chi connectivity index (χ3v) is 5.76. The first-order chi connectivity index (χ1) is 15.2. The fourth-order valence-corrected chi connectivity index (χ4v) is 4.07. The molecule has 1 aromatic heterocycles. The van der Waals surface area contributed by atoms with Gasteiger partial charge in [0.25, 0.3) is 5.91 Å². The lowest BCUT2D eigenvalue weighted by Gasteiger charge is -2.40. The molecule has 0 aliphatic carbocycles. The summed E-state index contributed by atoms with van der Waals surface area (Å²) in [7, 11) is 2.80. The third kappa shape index (κ3) is 3.61. The molecule has 0 spiro atoms. The van der Waals surface area contributed by atoms with Crippen molar-refractivity contribution < 1.29 is 19.1 Å². The lowest BCUT2D eigenvalue weighted by molar-refractivity contribution is -0.149. The highest BCUT2D eigenvalue weighted by atomic mass is 16.5. The third-order valence-electron chi connectivity index (χ3n) is 5.76.